The van der Waals surface area contributed by atoms with Gasteiger partial charge in [-0.3, -0.25) is 14.6 Å². The summed E-state index contributed by atoms with van der Waals surface area (Å²) in [7, 11) is -4.55. The van der Waals surface area contributed by atoms with Gasteiger partial charge in [0.1, 0.15) is 5.75 Å². The van der Waals surface area contributed by atoms with Crippen molar-refractivity contribution in [2.45, 2.75) is 64.7 Å². The van der Waals surface area contributed by atoms with Crippen LogP contribution < -0.4 is 4.52 Å². The highest BCUT2D eigenvalue weighted by molar-refractivity contribution is 7.46. The molecule has 23 heavy (non-hydrogen) atoms. The van der Waals surface area contributed by atoms with Crippen molar-refractivity contribution in [1.29, 1.82) is 0 Å². The maximum Gasteiger partial charge on any atom is 0.524 e. The smallest absolute Gasteiger partial charge is 0.404 e. The molecule has 0 aromatic heterocycles. The Kier molecular flexibility index (Phi) is 9.15. The van der Waals surface area contributed by atoms with E-state index in [2.05, 4.69) is 11.4 Å². The van der Waals surface area contributed by atoms with Crippen LogP contribution in [0.5, 0.6) is 5.75 Å². The van der Waals surface area contributed by atoms with Crippen LogP contribution in [0.1, 0.15) is 75.1 Å². The summed E-state index contributed by atoms with van der Waals surface area (Å²) in [5.74, 6) is 0.112. The third kappa shape index (κ3) is 9.54. The van der Waals surface area contributed by atoms with Crippen molar-refractivity contribution in [2.75, 3.05) is 0 Å². The zero-order valence-electron chi connectivity index (χ0n) is 13.7. The third-order valence-electron chi connectivity index (χ3n) is 3.66. The molecule has 0 aliphatic heterocycles. The quantitative estimate of drug-likeness (QED) is 0.321. The molecule has 130 valence electrons. The van der Waals surface area contributed by atoms with Crippen LogP contribution in [0.4, 0.5) is 0 Å². The van der Waals surface area contributed by atoms with Crippen molar-refractivity contribution in [1.82, 2.24) is 0 Å². The van der Waals surface area contributed by atoms with Gasteiger partial charge in [-0.1, -0.05) is 51.9 Å². The van der Waals surface area contributed by atoms with Crippen LogP contribution in [0.2, 0.25) is 0 Å². The zero-order valence-corrected chi connectivity index (χ0v) is 14.6. The minimum absolute atomic E-state index is 0.0544. The molecule has 6 heteroatoms. The summed E-state index contributed by atoms with van der Waals surface area (Å²) in [5.41, 5.74) is 0.547. The molecule has 1 aromatic rings. The topological polar surface area (TPSA) is 83.8 Å². The second-order valence-corrected chi connectivity index (χ2v) is 6.92. The minimum atomic E-state index is -4.55. The van der Waals surface area contributed by atoms with Crippen LogP contribution in [-0.4, -0.2) is 15.6 Å². The fraction of sp³-hybridized carbons (Fsp3) is 0.588. The van der Waals surface area contributed by atoms with Gasteiger partial charge in [0.05, 0.1) is 0 Å². The Morgan fingerprint density at radius 1 is 0.957 bits per heavy atom. The summed E-state index contributed by atoms with van der Waals surface area (Å²) in [4.78, 5) is 29.4. The van der Waals surface area contributed by atoms with Gasteiger partial charge < -0.3 is 4.52 Å². The Morgan fingerprint density at radius 3 is 2.00 bits per heavy atom. The standard InChI is InChI=1S/C17H27O5P/c1-2-3-4-5-6-7-8-9-10-17(18)15-11-13-16(14-12-15)22-23(19,20)21/h11-14H,2-10H2,1H3,(H2,19,20,21). The first-order chi connectivity index (χ1) is 10.9. The zero-order chi connectivity index (χ0) is 17.1. The molecule has 1 aromatic carbocycles. The molecule has 0 heterocycles. The molecule has 0 saturated heterocycles. The van der Waals surface area contributed by atoms with Gasteiger partial charge in [-0.05, 0) is 30.7 Å². The number of Topliss-reactive ketones (excluding diaryl/α,β-unsaturated/α-hetero) is 1. The molecule has 5 nitrogen and oxygen atoms in total. The molecule has 0 unspecified atom stereocenters. The summed E-state index contributed by atoms with van der Waals surface area (Å²) in [5, 5.41) is 0. The van der Waals surface area contributed by atoms with E-state index in [9.17, 15) is 9.36 Å². The highest BCUT2D eigenvalue weighted by atomic mass is 31.2. The van der Waals surface area contributed by atoms with Crippen molar-refractivity contribution >= 4 is 13.6 Å². The van der Waals surface area contributed by atoms with E-state index in [4.69, 9.17) is 9.79 Å². The minimum Gasteiger partial charge on any atom is -0.404 e. The van der Waals surface area contributed by atoms with Gasteiger partial charge in [-0.25, -0.2) is 4.57 Å². The maximum atomic E-state index is 12.0. The average Bonchev–Trinajstić information content (AvgIpc) is 2.49. The second kappa shape index (κ2) is 10.6. The van der Waals surface area contributed by atoms with E-state index in [0.29, 0.717) is 12.0 Å². The van der Waals surface area contributed by atoms with E-state index in [1.807, 2.05) is 0 Å². The Balaban J connectivity index is 2.23. The molecule has 1 rings (SSSR count). The number of hydrogen-bond acceptors (Lipinski definition) is 3. The van der Waals surface area contributed by atoms with E-state index in [-0.39, 0.29) is 11.5 Å². The molecule has 2 N–H and O–H groups in total. The van der Waals surface area contributed by atoms with Crippen LogP contribution in [0, 0.1) is 0 Å². The predicted octanol–water partition coefficient (Wildman–Crippen LogP) is 4.87. The van der Waals surface area contributed by atoms with Gasteiger partial charge in [0.2, 0.25) is 0 Å². The van der Waals surface area contributed by atoms with Crippen LogP contribution in [-0.2, 0) is 4.57 Å². The number of hydrogen-bond donors (Lipinski definition) is 2. The second-order valence-electron chi connectivity index (χ2n) is 5.75. The molecule has 0 radical (unpaired) electrons. The summed E-state index contributed by atoms with van der Waals surface area (Å²) >= 11 is 0. The van der Waals surface area contributed by atoms with Crippen LogP contribution in [0.15, 0.2) is 24.3 Å². The highest BCUT2D eigenvalue weighted by Crippen LogP contribution is 2.37. The molecular formula is C17H27O5P. The Bertz CT molecular complexity index is 506. The summed E-state index contributed by atoms with van der Waals surface area (Å²) < 4.78 is 15.2. The fourth-order valence-corrected chi connectivity index (χ4v) is 2.80. The first-order valence-electron chi connectivity index (χ1n) is 8.31. The molecule has 0 spiro atoms. The number of rotatable bonds is 12. The van der Waals surface area contributed by atoms with Gasteiger partial charge in [0, 0.05) is 12.0 Å². The monoisotopic (exact) mass is 342 g/mol. The van der Waals surface area contributed by atoms with Gasteiger partial charge in [-0.2, -0.15) is 0 Å². The van der Waals surface area contributed by atoms with Gasteiger partial charge in [0.15, 0.2) is 5.78 Å². The van der Waals surface area contributed by atoms with Gasteiger partial charge >= 0.3 is 7.82 Å². The highest BCUT2D eigenvalue weighted by Gasteiger charge is 2.16. The number of phosphoric ester groups is 1. The van der Waals surface area contributed by atoms with Crippen molar-refractivity contribution < 1.29 is 23.7 Å². The predicted molar refractivity (Wildman–Crippen MR) is 90.7 cm³/mol. The van der Waals surface area contributed by atoms with E-state index in [1.54, 1.807) is 0 Å². The normalized spacial score (nSPS) is 11.4. The van der Waals surface area contributed by atoms with Crippen molar-refractivity contribution in [3.8, 4) is 5.75 Å². The maximum absolute atomic E-state index is 12.0. The molecule has 0 bridgehead atoms. The molecule has 0 aliphatic carbocycles. The Morgan fingerprint density at radius 2 is 1.48 bits per heavy atom. The molecule has 0 amide bonds. The van der Waals surface area contributed by atoms with E-state index in [0.717, 1.165) is 12.8 Å². The molecule has 0 aliphatic rings. The molecule has 0 saturated carbocycles. The summed E-state index contributed by atoms with van der Waals surface area (Å²) in [6.07, 6.45) is 10.0. The number of carbonyl (C=O) groups is 1. The van der Waals surface area contributed by atoms with Crippen molar-refractivity contribution in [3.63, 3.8) is 0 Å². The lowest BCUT2D eigenvalue weighted by Crippen LogP contribution is -1.99. The van der Waals surface area contributed by atoms with Gasteiger partial charge in [0.25, 0.3) is 0 Å². The Hall–Kier alpha value is -1.16. The van der Waals surface area contributed by atoms with Crippen molar-refractivity contribution in [2.24, 2.45) is 0 Å². The summed E-state index contributed by atoms with van der Waals surface area (Å²) in [6.45, 7) is 2.20. The van der Waals surface area contributed by atoms with Crippen LogP contribution >= 0.6 is 7.82 Å². The number of unbranched alkanes of at least 4 members (excludes halogenated alkanes) is 7. The number of carbonyl (C=O) groups excluding carboxylic acids is 1. The lowest BCUT2D eigenvalue weighted by Gasteiger charge is -2.07. The van der Waals surface area contributed by atoms with Crippen LogP contribution in [0.3, 0.4) is 0 Å². The molecule has 0 fully saturated rings. The molecule has 0 atom stereocenters. The molecular weight excluding hydrogens is 315 g/mol. The number of ketones is 1. The first kappa shape index (κ1) is 19.9. The number of phosphoric acid groups is 1. The largest absolute Gasteiger partial charge is 0.524 e. The fourth-order valence-electron chi connectivity index (χ4n) is 2.40. The average molecular weight is 342 g/mol. The van der Waals surface area contributed by atoms with Crippen molar-refractivity contribution in [3.05, 3.63) is 29.8 Å². The van der Waals surface area contributed by atoms with E-state index in [1.165, 1.54) is 62.8 Å². The Labute approximate surface area is 138 Å². The van der Waals surface area contributed by atoms with Gasteiger partial charge in [-0.15, -0.1) is 0 Å². The third-order valence-corrected chi connectivity index (χ3v) is 4.11. The van der Waals surface area contributed by atoms with Crippen LogP contribution in [0.25, 0.3) is 0 Å². The van der Waals surface area contributed by atoms with E-state index >= 15 is 0 Å². The van der Waals surface area contributed by atoms with E-state index < -0.39 is 7.82 Å². The lowest BCUT2D eigenvalue weighted by molar-refractivity contribution is 0.0979. The first-order valence-corrected chi connectivity index (χ1v) is 9.84. The SMILES string of the molecule is CCCCCCCCCCC(=O)c1ccc(OP(=O)(O)O)cc1. The lowest BCUT2D eigenvalue weighted by atomic mass is 10.0. The number of benzene rings is 1. The summed E-state index contributed by atoms with van der Waals surface area (Å²) in [6, 6.07) is 5.89.